The molecular formula is C13H19NO2S. The third-order valence-electron chi connectivity index (χ3n) is 3.18. The third-order valence-corrected chi connectivity index (χ3v) is 4.72. The molecule has 2 rings (SSSR count). The van der Waals surface area contributed by atoms with Crippen molar-refractivity contribution in [3.8, 4) is 0 Å². The van der Waals surface area contributed by atoms with Crippen molar-refractivity contribution in [2.45, 2.75) is 43.5 Å². The van der Waals surface area contributed by atoms with Crippen LogP contribution in [0.25, 0.3) is 0 Å². The van der Waals surface area contributed by atoms with Crippen LogP contribution >= 0.6 is 0 Å². The van der Waals surface area contributed by atoms with E-state index in [1.165, 1.54) is 12.8 Å². The minimum Gasteiger partial charge on any atom is -0.208 e. The van der Waals surface area contributed by atoms with Crippen LogP contribution in [-0.2, 0) is 10.0 Å². The monoisotopic (exact) mass is 253 g/mol. The molecule has 0 aromatic heterocycles. The number of hydrogen-bond donors (Lipinski definition) is 1. The van der Waals surface area contributed by atoms with Crippen LogP contribution in [0.4, 0.5) is 0 Å². The molecule has 4 heteroatoms. The lowest BCUT2D eigenvalue weighted by atomic mass is 10.1. The quantitative estimate of drug-likeness (QED) is 0.847. The summed E-state index contributed by atoms with van der Waals surface area (Å²) in [5.74, 6) is 0.735. The second-order valence-electron chi connectivity index (χ2n) is 4.72. The normalized spacial score (nSPS) is 17.9. The van der Waals surface area contributed by atoms with Crippen molar-refractivity contribution < 1.29 is 8.42 Å². The van der Waals surface area contributed by atoms with Gasteiger partial charge in [0.2, 0.25) is 10.0 Å². The Balaban J connectivity index is 2.05. The van der Waals surface area contributed by atoms with Gasteiger partial charge in [-0.1, -0.05) is 38.0 Å². The van der Waals surface area contributed by atoms with Gasteiger partial charge in [-0.15, -0.1) is 0 Å². The lowest BCUT2D eigenvalue weighted by molar-refractivity contribution is 0.495. The third kappa shape index (κ3) is 3.54. The summed E-state index contributed by atoms with van der Waals surface area (Å²) in [6.07, 6.45) is 4.33. The molecule has 3 nitrogen and oxygen atoms in total. The average Bonchev–Trinajstić information content (AvgIpc) is 3.13. The van der Waals surface area contributed by atoms with E-state index < -0.39 is 10.0 Å². The number of rotatable bonds is 6. The molecule has 1 aliphatic rings. The van der Waals surface area contributed by atoms with Gasteiger partial charge in [-0.2, -0.15) is 0 Å². The van der Waals surface area contributed by atoms with Gasteiger partial charge in [0.1, 0.15) is 0 Å². The van der Waals surface area contributed by atoms with Gasteiger partial charge < -0.3 is 0 Å². The highest BCUT2D eigenvalue weighted by Crippen LogP contribution is 2.34. The fourth-order valence-corrected chi connectivity index (χ4v) is 3.29. The van der Waals surface area contributed by atoms with Crippen LogP contribution in [0, 0.1) is 5.92 Å². The van der Waals surface area contributed by atoms with E-state index >= 15 is 0 Å². The molecule has 1 unspecified atom stereocenters. The van der Waals surface area contributed by atoms with Crippen molar-refractivity contribution in [2.24, 2.45) is 5.92 Å². The van der Waals surface area contributed by atoms with Crippen LogP contribution in [0.15, 0.2) is 35.2 Å². The molecule has 0 saturated heterocycles. The molecule has 17 heavy (non-hydrogen) atoms. The molecule has 0 aliphatic heterocycles. The fourth-order valence-electron chi connectivity index (χ4n) is 1.94. The standard InChI is InChI=1S/C13H19NO2S/c1-2-12(10-11-8-9-11)14-17(15,16)13-6-4-3-5-7-13/h3-7,11-12,14H,2,8-10H2,1H3. The lowest BCUT2D eigenvalue weighted by Crippen LogP contribution is -2.34. The number of sulfonamides is 1. The van der Waals surface area contributed by atoms with E-state index in [1.54, 1.807) is 24.3 Å². The minimum atomic E-state index is -3.34. The Morgan fingerprint density at radius 1 is 1.29 bits per heavy atom. The van der Waals surface area contributed by atoms with E-state index in [0.717, 1.165) is 18.8 Å². The molecule has 1 fully saturated rings. The molecule has 0 heterocycles. The number of hydrogen-bond acceptors (Lipinski definition) is 2. The van der Waals surface area contributed by atoms with Gasteiger partial charge in [-0.25, -0.2) is 13.1 Å². The van der Waals surface area contributed by atoms with Gasteiger partial charge in [-0.05, 0) is 30.9 Å². The Morgan fingerprint density at radius 2 is 1.94 bits per heavy atom. The SMILES string of the molecule is CCC(CC1CC1)NS(=O)(=O)c1ccccc1. The summed E-state index contributed by atoms with van der Waals surface area (Å²) in [6, 6.07) is 8.65. The highest BCUT2D eigenvalue weighted by molar-refractivity contribution is 7.89. The van der Waals surface area contributed by atoms with E-state index in [-0.39, 0.29) is 6.04 Å². The topological polar surface area (TPSA) is 46.2 Å². The highest BCUT2D eigenvalue weighted by Gasteiger charge is 2.27. The second kappa shape index (κ2) is 5.19. The number of nitrogens with one attached hydrogen (secondary N) is 1. The molecule has 0 bridgehead atoms. The largest absolute Gasteiger partial charge is 0.240 e. The Morgan fingerprint density at radius 3 is 2.47 bits per heavy atom. The first kappa shape index (κ1) is 12.6. The van der Waals surface area contributed by atoms with Crippen LogP contribution < -0.4 is 4.72 Å². The maximum Gasteiger partial charge on any atom is 0.240 e. The van der Waals surface area contributed by atoms with Gasteiger partial charge in [0.05, 0.1) is 4.90 Å². The van der Waals surface area contributed by atoms with Crippen molar-refractivity contribution in [3.05, 3.63) is 30.3 Å². The van der Waals surface area contributed by atoms with Gasteiger partial charge >= 0.3 is 0 Å². The summed E-state index contributed by atoms with van der Waals surface area (Å²) in [5.41, 5.74) is 0. The number of benzene rings is 1. The van der Waals surface area contributed by atoms with E-state index in [1.807, 2.05) is 13.0 Å². The van der Waals surface area contributed by atoms with E-state index in [0.29, 0.717) is 4.90 Å². The van der Waals surface area contributed by atoms with Crippen molar-refractivity contribution in [1.82, 2.24) is 4.72 Å². The first-order chi connectivity index (χ1) is 8.12. The lowest BCUT2D eigenvalue weighted by Gasteiger charge is -2.16. The van der Waals surface area contributed by atoms with Gasteiger partial charge in [0, 0.05) is 6.04 Å². The van der Waals surface area contributed by atoms with Crippen molar-refractivity contribution >= 4 is 10.0 Å². The second-order valence-corrected chi connectivity index (χ2v) is 6.43. The summed E-state index contributed by atoms with van der Waals surface area (Å²) in [4.78, 5) is 0.356. The fraction of sp³-hybridized carbons (Fsp3) is 0.538. The Labute approximate surface area is 103 Å². The molecular weight excluding hydrogens is 234 g/mol. The summed E-state index contributed by atoms with van der Waals surface area (Å²) in [6.45, 7) is 2.03. The van der Waals surface area contributed by atoms with E-state index in [9.17, 15) is 8.42 Å². The van der Waals surface area contributed by atoms with Crippen molar-refractivity contribution in [1.29, 1.82) is 0 Å². The minimum absolute atomic E-state index is 0.0766. The summed E-state index contributed by atoms with van der Waals surface area (Å²) in [7, 11) is -3.34. The maximum absolute atomic E-state index is 12.1. The Bertz CT molecular complexity index is 452. The average molecular weight is 253 g/mol. The first-order valence-corrected chi connectivity index (χ1v) is 7.67. The molecule has 1 aromatic carbocycles. The van der Waals surface area contributed by atoms with E-state index in [4.69, 9.17) is 0 Å². The van der Waals surface area contributed by atoms with Crippen molar-refractivity contribution in [3.63, 3.8) is 0 Å². The highest BCUT2D eigenvalue weighted by atomic mass is 32.2. The molecule has 1 aliphatic carbocycles. The zero-order valence-corrected chi connectivity index (χ0v) is 10.9. The zero-order valence-electron chi connectivity index (χ0n) is 10.1. The molecule has 1 N–H and O–H groups in total. The van der Waals surface area contributed by atoms with Crippen LogP contribution in [0.1, 0.15) is 32.6 Å². The summed E-state index contributed by atoms with van der Waals surface area (Å²) < 4.78 is 27.0. The van der Waals surface area contributed by atoms with Gasteiger partial charge in [-0.3, -0.25) is 0 Å². The molecule has 0 radical (unpaired) electrons. The maximum atomic E-state index is 12.1. The van der Waals surface area contributed by atoms with Crippen LogP contribution in [0.3, 0.4) is 0 Å². The van der Waals surface area contributed by atoms with Crippen LogP contribution in [0.2, 0.25) is 0 Å². The summed E-state index contributed by atoms with van der Waals surface area (Å²) in [5, 5.41) is 0. The molecule has 0 amide bonds. The molecule has 1 atom stereocenters. The zero-order chi connectivity index (χ0) is 12.3. The smallest absolute Gasteiger partial charge is 0.208 e. The molecule has 0 spiro atoms. The van der Waals surface area contributed by atoms with Gasteiger partial charge in [0.25, 0.3) is 0 Å². The molecule has 94 valence electrons. The van der Waals surface area contributed by atoms with Crippen LogP contribution in [-0.4, -0.2) is 14.5 Å². The predicted molar refractivity (Wildman–Crippen MR) is 68.2 cm³/mol. The summed E-state index contributed by atoms with van der Waals surface area (Å²) >= 11 is 0. The Kier molecular flexibility index (Phi) is 3.84. The predicted octanol–water partition coefficient (Wildman–Crippen LogP) is 2.54. The van der Waals surface area contributed by atoms with E-state index in [2.05, 4.69) is 4.72 Å². The van der Waals surface area contributed by atoms with Crippen molar-refractivity contribution in [2.75, 3.05) is 0 Å². The Hall–Kier alpha value is -0.870. The molecule has 1 aromatic rings. The first-order valence-electron chi connectivity index (χ1n) is 6.19. The molecule has 1 saturated carbocycles. The van der Waals surface area contributed by atoms with Gasteiger partial charge in [0.15, 0.2) is 0 Å². The van der Waals surface area contributed by atoms with Crippen LogP contribution in [0.5, 0.6) is 0 Å².